The van der Waals surface area contributed by atoms with Crippen LogP contribution in [0.3, 0.4) is 0 Å². The van der Waals surface area contributed by atoms with E-state index in [0.717, 1.165) is 13.0 Å². The second-order valence-electron chi connectivity index (χ2n) is 6.96. The Morgan fingerprint density at radius 1 is 1.05 bits per heavy atom. The summed E-state index contributed by atoms with van der Waals surface area (Å²) in [5, 5.41) is 3.66. The molecule has 1 aromatic carbocycles. The van der Waals surface area contributed by atoms with Crippen molar-refractivity contribution in [2.24, 2.45) is 5.92 Å². The summed E-state index contributed by atoms with van der Waals surface area (Å²) >= 11 is 0. The van der Waals surface area contributed by atoms with E-state index in [2.05, 4.69) is 71.1 Å². The summed E-state index contributed by atoms with van der Waals surface area (Å²) in [6, 6.07) is 9.74. The molecule has 1 heteroatoms. The van der Waals surface area contributed by atoms with Gasteiger partial charge in [-0.15, -0.1) is 0 Å². The zero-order valence-electron chi connectivity index (χ0n) is 13.6. The number of rotatable bonds is 6. The highest BCUT2D eigenvalue weighted by molar-refractivity contribution is 5.28. The molecule has 1 unspecified atom stereocenters. The molecule has 1 atom stereocenters. The molecule has 0 aliphatic carbocycles. The van der Waals surface area contributed by atoms with Crippen LogP contribution in [0, 0.1) is 5.92 Å². The highest BCUT2D eigenvalue weighted by atomic mass is 14.9. The smallest absolute Gasteiger partial charge is 0.0130 e. The monoisotopic (exact) mass is 261 g/mol. The van der Waals surface area contributed by atoms with Gasteiger partial charge in [0.2, 0.25) is 0 Å². The highest BCUT2D eigenvalue weighted by Gasteiger charge is 2.15. The van der Waals surface area contributed by atoms with E-state index in [1.54, 1.807) is 0 Å². The molecule has 1 N–H and O–H groups in total. The predicted octanol–water partition coefficient (Wildman–Crippen LogP) is 4.55. The first-order valence-electron chi connectivity index (χ1n) is 7.67. The number of hydrogen-bond acceptors (Lipinski definition) is 1. The van der Waals surface area contributed by atoms with Crippen molar-refractivity contribution in [2.45, 2.75) is 65.8 Å². The zero-order valence-corrected chi connectivity index (χ0v) is 13.6. The Kier molecular flexibility index (Phi) is 6.06. The van der Waals surface area contributed by atoms with Crippen molar-refractivity contribution in [2.75, 3.05) is 6.54 Å². The van der Waals surface area contributed by atoms with Crippen LogP contribution in [-0.4, -0.2) is 12.6 Å². The van der Waals surface area contributed by atoms with E-state index < -0.39 is 0 Å². The van der Waals surface area contributed by atoms with Gasteiger partial charge in [-0.1, -0.05) is 65.8 Å². The van der Waals surface area contributed by atoms with Crippen LogP contribution >= 0.6 is 0 Å². The van der Waals surface area contributed by atoms with Crippen molar-refractivity contribution in [3.05, 3.63) is 35.4 Å². The largest absolute Gasteiger partial charge is 0.313 e. The second-order valence-corrected chi connectivity index (χ2v) is 6.96. The molecule has 0 radical (unpaired) electrons. The molecular formula is C18H31N. The molecule has 108 valence electrons. The van der Waals surface area contributed by atoms with Crippen molar-refractivity contribution < 1.29 is 0 Å². The van der Waals surface area contributed by atoms with Crippen LogP contribution in [-0.2, 0) is 11.8 Å². The standard InChI is InChI=1S/C18H31N/c1-7-12-19-17(14(2)3)13-15-8-10-16(11-9-15)18(4,5)6/h8-11,14,17,19H,7,12-13H2,1-6H3. The minimum absolute atomic E-state index is 0.246. The molecule has 0 heterocycles. The molecular weight excluding hydrogens is 230 g/mol. The Hall–Kier alpha value is -0.820. The fourth-order valence-electron chi connectivity index (χ4n) is 2.27. The molecule has 1 nitrogen and oxygen atoms in total. The van der Waals surface area contributed by atoms with Crippen molar-refractivity contribution in [1.29, 1.82) is 0 Å². The van der Waals surface area contributed by atoms with Crippen LogP contribution in [0.15, 0.2) is 24.3 Å². The van der Waals surface area contributed by atoms with E-state index in [4.69, 9.17) is 0 Å². The molecule has 0 aromatic heterocycles. The van der Waals surface area contributed by atoms with Crippen molar-refractivity contribution >= 4 is 0 Å². The van der Waals surface area contributed by atoms with Crippen LogP contribution in [0.25, 0.3) is 0 Å². The fraction of sp³-hybridized carbons (Fsp3) is 0.667. The average molecular weight is 261 g/mol. The first-order valence-corrected chi connectivity index (χ1v) is 7.67. The summed E-state index contributed by atoms with van der Waals surface area (Å²) < 4.78 is 0. The lowest BCUT2D eigenvalue weighted by atomic mass is 9.86. The quantitative estimate of drug-likeness (QED) is 0.792. The van der Waals surface area contributed by atoms with Gasteiger partial charge >= 0.3 is 0 Å². The third-order valence-corrected chi connectivity index (χ3v) is 3.74. The average Bonchev–Trinajstić information content (AvgIpc) is 2.33. The van der Waals surface area contributed by atoms with E-state index in [1.165, 1.54) is 17.5 Å². The number of hydrogen-bond donors (Lipinski definition) is 1. The summed E-state index contributed by atoms with van der Waals surface area (Å²) in [6.07, 6.45) is 2.33. The third-order valence-electron chi connectivity index (χ3n) is 3.74. The summed E-state index contributed by atoms with van der Waals surface area (Å²) in [4.78, 5) is 0. The Bertz CT molecular complexity index is 356. The minimum Gasteiger partial charge on any atom is -0.313 e. The van der Waals surface area contributed by atoms with Crippen LogP contribution < -0.4 is 5.32 Å². The van der Waals surface area contributed by atoms with Gasteiger partial charge in [-0.3, -0.25) is 0 Å². The topological polar surface area (TPSA) is 12.0 Å². The first-order chi connectivity index (χ1) is 8.84. The van der Waals surface area contributed by atoms with E-state index in [-0.39, 0.29) is 5.41 Å². The summed E-state index contributed by atoms with van der Waals surface area (Å²) in [6.45, 7) is 14.7. The summed E-state index contributed by atoms with van der Waals surface area (Å²) in [5.41, 5.74) is 3.10. The van der Waals surface area contributed by atoms with Crippen LogP contribution in [0.4, 0.5) is 0 Å². The lowest BCUT2D eigenvalue weighted by molar-refractivity contribution is 0.397. The van der Waals surface area contributed by atoms with Gasteiger partial charge in [0.25, 0.3) is 0 Å². The molecule has 0 fully saturated rings. The molecule has 0 aliphatic heterocycles. The van der Waals surface area contributed by atoms with Gasteiger partial charge in [0.1, 0.15) is 0 Å². The molecule has 0 spiro atoms. The minimum atomic E-state index is 0.246. The van der Waals surface area contributed by atoms with Gasteiger partial charge in [-0.2, -0.15) is 0 Å². The third kappa shape index (κ3) is 5.36. The fourth-order valence-corrected chi connectivity index (χ4v) is 2.27. The van der Waals surface area contributed by atoms with Crippen molar-refractivity contribution in [3.63, 3.8) is 0 Å². The van der Waals surface area contributed by atoms with Gasteiger partial charge in [0, 0.05) is 6.04 Å². The van der Waals surface area contributed by atoms with E-state index >= 15 is 0 Å². The highest BCUT2D eigenvalue weighted by Crippen LogP contribution is 2.22. The zero-order chi connectivity index (χ0) is 14.5. The summed E-state index contributed by atoms with van der Waals surface area (Å²) in [7, 11) is 0. The maximum Gasteiger partial charge on any atom is 0.0130 e. The molecule has 0 amide bonds. The lowest BCUT2D eigenvalue weighted by Gasteiger charge is -2.23. The Morgan fingerprint density at radius 3 is 2.05 bits per heavy atom. The van der Waals surface area contributed by atoms with Gasteiger partial charge < -0.3 is 5.32 Å². The van der Waals surface area contributed by atoms with Crippen LogP contribution in [0.1, 0.15) is 59.1 Å². The molecule has 1 aromatic rings. The van der Waals surface area contributed by atoms with E-state index in [9.17, 15) is 0 Å². The summed E-state index contributed by atoms with van der Waals surface area (Å²) in [5.74, 6) is 0.675. The molecule has 0 bridgehead atoms. The van der Waals surface area contributed by atoms with Gasteiger partial charge in [0.05, 0.1) is 0 Å². The number of benzene rings is 1. The molecule has 0 saturated carbocycles. The van der Waals surface area contributed by atoms with E-state index in [0.29, 0.717) is 12.0 Å². The van der Waals surface area contributed by atoms with Gasteiger partial charge in [-0.25, -0.2) is 0 Å². The first kappa shape index (κ1) is 16.2. The van der Waals surface area contributed by atoms with Gasteiger partial charge in [-0.05, 0) is 41.8 Å². The molecule has 0 aliphatic rings. The maximum atomic E-state index is 3.66. The number of nitrogens with one attached hydrogen (secondary N) is 1. The Labute approximate surface area is 119 Å². The van der Waals surface area contributed by atoms with Crippen molar-refractivity contribution in [1.82, 2.24) is 5.32 Å². The maximum absolute atomic E-state index is 3.66. The molecule has 1 rings (SSSR count). The van der Waals surface area contributed by atoms with Crippen LogP contribution in [0.2, 0.25) is 0 Å². The van der Waals surface area contributed by atoms with Crippen molar-refractivity contribution in [3.8, 4) is 0 Å². The van der Waals surface area contributed by atoms with Gasteiger partial charge in [0.15, 0.2) is 0 Å². The Morgan fingerprint density at radius 2 is 1.63 bits per heavy atom. The normalized spacial score (nSPS) is 13.8. The molecule has 0 saturated heterocycles. The predicted molar refractivity (Wildman–Crippen MR) is 85.8 cm³/mol. The lowest BCUT2D eigenvalue weighted by Crippen LogP contribution is -2.36. The van der Waals surface area contributed by atoms with Crippen LogP contribution in [0.5, 0.6) is 0 Å². The van der Waals surface area contributed by atoms with E-state index in [1.807, 2.05) is 0 Å². The second kappa shape index (κ2) is 7.09. The SMILES string of the molecule is CCCNC(Cc1ccc(C(C)(C)C)cc1)C(C)C. The Balaban J connectivity index is 2.69. The molecule has 19 heavy (non-hydrogen) atoms.